The molecule has 8 atom stereocenters. The number of halogens is 2. The van der Waals surface area contributed by atoms with E-state index in [4.69, 9.17) is 0 Å². The van der Waals surface area contributed by atoms with Crippen molar-refractivity contribution in [3.63, 3.8) is 0 Å². The van der Waals surface area contributed by atoms with Crippen molar-refractivity contribution in [1.82, 2.24) is 4.90 Å². The van der Waals surface area contributed by atoms with Crippen LogP contribution < -0.4 is 0 Å². The van der Waals surface area contributed by atoms with Crippen LogP contribution in [0.4, 0.5) is 8.78 Å². The third kappa shape index (κ3) is 3.36. The first-order valence-electron chi connectivity index (χ1n) is 12.7. The molecule has 0 bridgehead atoms. The van der Waals surface area contributed by atoms with E-state index in [0.29, 0.717) is 17.7 Å². The second-order valence-electron chi connectivity index (χ2n) is 11.7. The molecule has 1 amide bonds. The number of hydrogen-bond acceptors (Lipinski definition) is 6. The molecular weight excluding hydrogens is 500 g/mol. The van der Waals surface area contributed by atoms with Crippen molar-refractivity contribution >= 4 is 28.8 Å². The molecule has 1 unspecified atom stereocenters. The van der Waals surface area contributed by atoms with Crippen LogP contribution in [-0.4, -0.2) is 70.7 Å². The minimum atomic E-state index is -2.24. The fourth-order valence-corrected chi connectivity index (χ4v) is 9.06. The van der Waals surface area contributed by atoms with Gasteiger partial charge in [0.05, 0.1) is 16.4 Å². The molecule has 0 radical (unpaired) electrons. The number of carbonyl (C=O) groups excluding carboxylic acids is 3. The van der Waals surface area contributed by atoms with Gasteiger partial charge in [0.1, 0.15) is 12.8 Å². The van der Waals surface area contributed by atoms with Crippen LogP contribution in [0.2, 0.25) is 0 Å². The summed E-state index contributed by atoms with van der Waals surface area (Å²) in [6, 6.07) is 3.46. The standard InChI is InChI=1S/C28H33F2NO5S/c1-25-8-6-16(33)11-19(25)20(29)12-18-17-7-9-27(23(35)14-32,26(17,2)13-22(34)28(18,25)30)15-31(3)24(36)21-5-4-10-37-21/h4-6,8,10-11,17-18,20,22,32,34H,7,9,12-15H2,1-3H3/t17?,18-,20-,22-,25-,26-,27-,28-/m0/s1. The molecule has 2 N–H and O–H groups in total. The molecular formula is C28H33F2NO5S. The van der Waals surface area contributed by atoms with Gasteiger partial charge in [-0.05, 0) is 73.1 Å². The van der Waals surface area contributed by atoms with E-state index in [0.717, 1.165) is 6.08 Å². The van der Waals surface area contributed by atoms with Crippen LogP contribution in [0.15, 0.2) is 41.3 Å². The van der Waals surface area contributed by atoms with E-state index in [1.807, 2.05) is 6.92 Å². The van der Waals surface area contributed by atoms with E-state index in [-0.39, 0.29) is 30.9 Å². The summed E-state index contributed by atoms with van der Waals surface area (Å²) in [6.07, 6.45) is 1.08. The molecule has 1 aromatic rings. The fourth-order valence-electron chi connectivity index (χ4n) is 8.34. The lowest BCUT2D eigenvalue weighted by molar-refractivity contribution is -0.212. The molecule has 9 heteroatoms. The van der Waals surface area contributed by atoms with E-state index in [1.165, 1.54) is 28.4 Å². The van der Waals surface area contributed by atoms with Crippen LogP contribution in [-0.2, 0) is 9.59 Å². The van der Waals surface area contributed by atoms with Crippen molar-refractivity contribution in [3.8, 4) is 0 Å². The summed E-state index contributed by atoms with van der Waals surface area (Å²) >= 11 is 1.28. The highest BCUT2D eigenvalue weighted by Crippen LogP contribution is 2.72. The molecule has 5 rings (SSSR count). The minimum Gasteiger partial charge on any atom is -0.390 e. The first kappa shape index (κ1) is 26.4. The number of allylic oxidation sites excluding steroid dienone is 4. The van der Waals surface area contributed by atoms with Crippen molar-refractivity contribution < 1.29 is 33.4 Å². The van der Waals surface area contributed by atoms with Gasteiger partial charge in [0.2, 0.25) is 0 Å². The zero-order valence-corrected chi connectivity index (χ0v) is 22.1. The Hall–Kier alpha value is -2.23. The molecule has 0 aromatic carbocycles. The summed E-state index contributed by atoms with van der Waals surface area (Å²) in [6.45, 7) is 2.63. The normalized spacial score (nSPS) is 42.5. The SMILES string of the molecule is CN(C[C@]1(C(=O)CO)CCC2[C@@H]3C[C@H](F)C4=CC(=O)C=C[C@]4(C)[C@@]3(F)[C@@H](O)C[C@@]21C)C(=O)c1cccs1. The maximum absolute atomic E-state index is 17.3. The van der Waals surface area contributed by atoms with Gasteiger partial charge in [-0.1, -0.05) is 19.1 Å². The van der Waals surface area contributed by atoms with Gasteiger partial charge in [-0.2, -0.15) is 0 Å². The van der Waals surface area contributed by atoms with Gasteiger partial charge >= 0.3 is 0 Å². The highest BCUT2D eigenvalue weighted by Gasteiger charge is 2.75. The van der Waals surface area contributed by atoms with Gasteiger partial charge in [-0.15, -0.1) is 11.3 Å². The minimum absolute atomic E-state index is 0.00469. The van der Waals surface area contributed by atoms with Crippen LogP contribution in [0, 0.1) is 28.1 Å². The van der Waals surface area contributed by atoms with Crippen LogP contribution in [0.5, 0.6) is 0 Å². The van der Waals surface area contributed by atoms with E-state index in [2.05, 4.69) is 0 Å². The van der Waals surface area contributed by atoms with Gasteiger partial charge in [0.15, 0.2) is 17.2 Å². The number of aliphatic hydroxyl groups excluding tert-OH is 2. The number of carbonyl (C=O) groups is 3. The van der Waals surface area contributed by atoms with E-state index in [1.54, 1.807) is 31.5 Å². The third-order valence-electron chi connectivity index (χ3n) is 10.3. The number of Topliss-reactive ketones (excluding diaryl/α,β-unsaturated/α-hetero) is 1. The highest BCUT2D eigenvalue weighted by atomic mass is 32.1. The van der Waals surface area contributed by atoms with E-state index < -0.39 is 64.2 Å². The number of aliphatic hydroxyl groups is 2. The van der Waals surface area contributed by atoms with E-state index >= 15 is 8.78 Å². The zero-order valence-electron chi connectivity index (χ0n) is 21.2. The largest absolute Gasteiger partial charge is 0.390 e. The number of ketones is 2. The van der Waals surface area contributed by atoms with Crippen molar-refractivity contribution in [3.05, 3.63) is 46.2 Å². The highest BCUT2D eigenvalue weighted by molar-refractivity contribution is 7.12. The lowest BCUT2D eigenvalue weighted by atomic mass is 9.43. The summed E-state index contributed by atoms with van der Waals surface area (Å²) in [7, 11) is 1.60. The Morgan fingerprint density at radius 3 is 2.65 bits per heavy atom. The molecule has 1 heterocycles. The van der Waals surface area contributed by atoms with Crippen molar-refractivity contribution in [2.24, 2.45) is 28.1 Å². The number of rotatable bonds is 5. The molecule has 1 aromatic heterocycles. The number of amides is 1. The predicted octanol–water partition coefficient (Wildman–Crippen LogP) is 3.69. The molecule has 4 aliphatic carbocycles. The van der Waals surface area contributed by atoms with Gasteiger partial charge in [-0.25, -0.2) is 8.78 Å². The smallest absolute Gasteiger partial charge is 0.263 e. The summed E-state index contributed by atoms with van der Waals surface area (Å²) in [5, 5.41) is 23.3. The van der Waals surface area contributed by atoms with Gasteiger partial charge in [0, 0.05) is 24.9 Å². The van der Waals surface area contributed by atoms with Crippen molar-refractivity contribution in [1.29, 1.82) is 0 Å². The number of fused-ring (bicyclic) bond motifs is 5. The molecule has 3 fully saturated rings. The molecule has 0 aliphatic heterocycles. The summed E-state index contributed by atoms with van der Waals surface area (Å²) in [4.78, 5) is 40.6. The molecule has 0 spiro atoms. The Morgan fingerprint density at radius 2 is 2.00 bits per heavy atom. The maximum atomic E-state index is 17.3. The van der Waals surface area contributed by atoms with Gasteiger partial charge in [-0.3, -0.25) is 14.4 Å². The molecule has 200 valence electrons. The Balaban J connectivity index is 1.57. The Bertz CT molecular complexity index is 1200. The quantitative estimate of drug-likeness (QED) is 0.602. The monoisotopic (exact) mass is 533 g/mol. The summed E-state index contributed by atoms with van der Waals surface area (Å²) in [5.41, 5.74) is -5.89. The predicted molar refractivity (Wildman–Crippen MR) is 134 cm³/mol. The first-order valence-corrected chi connectivity index (χ1v) is 13.6. The lowest BCUT2D eigenvalue weighted by Crippen LogP contribution is -2.70. The Kier molecular flexibility index (Phi) is 6.16. The number of alkyl halides is 2. The fraction of sp³-hybridized carbons (Fsp3) is 0.607. The first-order chi connectivity index (χ1) is 17.4. The number of hydrogen-bond donors (Lipinski definition) is 2. The average Bonchev–Trinajstić information content (AvgIpc) is 3.49. The van der Waals surface area contributed by atoms with Gasteiger partial charge < -0.3 is 15.1 Å². The molecule has 4 aliphatic rings. The lowest BCUT2D eigenvalue weighted by Gasteiger charge is -2.63. The number of nitrogens with zero attached hydrogens (tertiary/aromatic N) is 1. The molecule has 37 heavy (non-hydrogen) atoms. The van der Waals surface area contributed by atoms with Crippen molar-refractivity contribution in [2.75, 3.05) is 20.2 Å². The Morgan fingerprint density at radius 1 is 1.27 bits per heavy atom. The van der Waals surface area contributed by atoms with E-state index in [9.17, 15) is 24.6 Å². The second kappa shape index (κ2) is 8.64. The summed E-state index contributed by atoms with van der Waals surface area (Å²) in [5.74, 6) is -2.50. The Labute approximate surface area is 219 Å². The number of thiophene rings is 1. The maximum Gasteiger partial charge on any atom is 0.263 e. The molecule has 3 saturated carbocycles. The van der Waals surface area contributed by atoms with Gasteiger partial charge in [0.25, 0.3) is 5.91 Å². The average molecular weight is 534 g/mol. The van der Waals surface area contributed by atoms with Crippen LogP contribution in [0.1, 0.15) is 49.2 Å². The van der Waals surface area contributed by atoms with Crippen LogP contribution in [0.25, 0.3) is 0 Å². The van der Waals surface area contributed by atoms with Crippen LogP contribution >= 0.6 is 11.3 Å². The van der Waals surface area contributed by atoms with Crippen LogP contribution in [0.3, 0.4) is 0 Å². The topological polar surface area (TPSA) is 94.9 Å². The zero-order chi connectivity index (χ0) is 27.0. The van der Waals surface area contributed by atoms with Crippen molar-refractivity contribution in [2.45, 2.75) is 57.5 Å². The molecule has 6 nitrogen and oxygen atoms in total. The third-order valence-corrected chi connectivity index (χ3v) is 11.1. The molecule has 0 saturated heterocycles. The second-order valence-corrected chi connectivity index (χ2v) is 12.6. The summed E-state index contributed by atoms with van der Waals surface area (Å²) < 4.78 is 33.0.